The molecule has 0 saturated carbocycles. The first-order chi connectivity index (χ1) is 8.90. The van der Waals surface area contributed by atoms with Gasteiger partial charge < -0.3 is 5.11 Å². The molecule has 0 amide bonds. The first-order valence-corrected chi connectivity index (χ1v) is 5.76. The van der Waals surface area contributed by atoms with Crippen LogP contribution in [0.4, 0.5) is 0 Å². The predicted molar refractivity (Wildman–Crippen MR) is 67.4 cm³/mol. The summed E-state index contributed by atoms with van der Waals surface area (Å²) in [5, 5.41) is 17.3. The molecule has 0 radical (unpaired) electrons. The van der Waals surface area contributed by atoms with E-state index in [2.05, 4.69) is 10.2 Å². The van der Waals surface area contributed by atoms with Crippen molar-refractivity contribution in [2.45, 2.75) is 26.8 Å². The third-order valence-electron chi connectivity index (χ3n) is 2.76. The van der Waals surface area contributed by atoms with E-state index in [-0.39, 0.29) is 0 Å². The van der Waals surface area contributed by atoms with Gasteiger partial charge in [0.05, 0.1) is 5.69 Å². The van der Waals surface area contributed by atoms with E-state index in [1.807, 2.05) is 19.9 Å². The summed E-state index contributed by atoms with van der Waals surface area (Å²) < 4.78 is 2.51. The number of rotatable bonds is 3. The molecule has 0 fully saturated rings. The second kappa shape index (κ2) is 4.68. The van der Waals surface area contributed by atoms with Crippen molar-refractivity contribution in [3.05, 3.63) is 39.9 Å². The van der Waals surface area contributed by atoms with Crippen LogP contribution in [0, 0.1) is 13.8 Å². The summed E-state index contributed by atoms with van der Waals surface area (Å²) in [7, 11) is 0. The van der Waals surface area contributed by atoms with Gasteiger partial charge in [-0.2, -0.15) is 5.10 Å². The summed E-state index contributed by atoms with van der Waals surface area (Å²) in [6.45, 7) is 5.11. The average Bonchev–Trinajstić information content (AvgIpc) is 2.68. The highest BCUT2D eigenvalue weighted by atomic mass is 16.4. The summed E-state index contributed by atoms with van der Waals surface area (Å²) in [6.07, 6.45) is 0. The zero-order chi connectivity index (χ0) is 14.2. The second-order valence-electron chi connectivity index (χ2n) is 4.33. The van der Waals surface area contributed by atoms with Gasteiger partial charge >= 0.3 is 5.97 Å². The first-order valence-electron chi connectivity index (χ1n) is 5.76. The fourth-order valence-electron chi connectivity index (χ4n) is 1.77. The number of aromatic nitrogens is 4. The van der Waals surface area contributed by atoms with Gasteiger partial charge in [-0.3, -0.25) is 4.79 Å². The summed E-state index contributed by atoms with van der Waals surface area (Å²) >= 11 is 0. The number of aryl methyl sites for hydroxylation is 2. The molecule has 2 heterocycles. The van der Waals surface area contributed by atoms with Gasteiger partial charge in [0.1, 0.15) is 0 Å². The lowest BCUT2D eigenvalue weighted by Gasteiger charge is -2.11. The SMILES string of the molecule is Cc1cc(C)n(-c2ccc(=O)n(C(C)C(=O)O)n2)n1. The van der Waals surface area contributed by atoms with Crippen molar-refractivity contribution < 1.29 is 9.90 Å². The maximum Gasteiger partial charge on any atom is 0.328 e. The van der Waals surface area contributed by atoms with Crippen molar-refractivity contribution in [1.82, 2.24) is 19.6 Å². The van der Waals surface area contributed by atoms with Crippen LogP contribution in [0.25, 0.3) is 5.82 Å². The number of hydrogen-bond acceptors (Lipinski definition) is 4. The number of carboxylic acids is 1. The van der Waals surface area contributed by atoms with Crippen LogP contribution in [0.15, 0.2) is 23.0 Å². The van der Waals surface area contributed by atoms with Gasteiger partial charge in [-0.25, -0.2) is 14.2 Å². The zero-order valence-electron chi connectivity index (χ0n) is 10.9. The van der Waals surface area contributed by atoms with E-state index in [9.17, 15) is 9.59 Å². The van der Waals surface area contributed by atoms with E-state index in [4.69, 9.17) is 5.11 Å². The quantitative estimate of drug-likeness (QED) is 0.879. The van der Waals surface area contributed by atoms with Crippen LogP contribution in [0.5, 0.6) is 0 Å². The Balaban J connectivity index is 2.56. The van der Waals surface area contributed by atoms with Crippen LogP contribution in [0.2, 0.25) is 0 Å². The van der Waals surface area contributed by atoms with Crippen molar-refractivity contribution in [3.8, 4) is 5.82 Å². The lowest BCUT2D eigenvalue weighted by Crippen LogP contribution is -2.30. The third-order valence-corrected chi connectivity index (χ3v) is 2.76. The van der Waals surface area contributed by atoms with E-state index < -0.39 is 17.6 Å². The fraction of sp³-hybridized carbons (Fsp3) is 0.333. The van der Waals surface area contributed by atoms with E-state index in [1.54, 1.807) is 4.68 Å². The molecule has 1 atom stereocenters. The second-order valence-corrected chi connectivity index (χ2v) is 4.33. The van der Waals surface area contributed by atoms with E-state index in [1.165, 1.54) is 19.1 Å². The Hall–Kier alpha value is -2.44. The molecule has 1 N–H and O–H groups in total. The smallest absolute Gasteiger partial charge is 0.328 e. The minimum absolute atomic E-state index is 0.415. The monoisotopic (exact) mass is 262 g/mol. The van der Waals surface area contributed by atoms with E-state index in [0.717, 1.165) is 16.1 Å². The summed E-state index contributed by atoms with van der Waals surface area (Å²) in [5.41, 5.74) is 1.22. The zero-order valence-corrected chi connectivity index (χ0v) is 10.9. The molecule has 0 spiro atoms. The molecule has 2 rings (SSSR count). The Morgan fingerprint density at radius 3 is 2.53 bits per heavy atom. The van der Waals surface area contributed by atoms with Gasteiger partial charge in [-0.15, -0.1) is 5.10 Å². The maximum atomic E-state index is 11.6. The Kier molecular flexibility index (Phi) is 3.20. The lowest BCUT2D eigenvalue weighted by molar-refractivity contribution is -0.140. The molecule has 0 bridgehead atoms. The van der Waals surface area contributed by atoms with Crippen LogP contribution in [0.1, 0.15) is 24.4 Å². The molecule has 7 heteroatoms. The third kappa shape index (κ3) is 2.40. The number of carbonyl (C=O) groups is 1. The van der Waals surface area contributed by atoms with Crippen molar-refractivity contribution in [2.75, 3.05) is 0 Å². The minimum atomic E-state index is -1.11. The Bertz CT molecular complexity index is 687. The van der Waals surface area contributed by atoms with E-state index in [0.29, 0.717) is 5.82 Å². The first kappa shape index (κ1) is 13.0. The van der Waals surface area contributed by atoms with Crippen LogP contribution in [-0.2, 0) is 4.79 Å². The van der Waals surface area contributed by atoms with Gasteiger partial charge in [-0.1, -0.05) is 0 Å². The summed E-state index contributed by atoms with van der Waals surface area (Å²) in [5.74, 6) is -0.696. The van der Waals surface area contributed by atoms with Crippen LogP contribution in [0.3, 0.4) is 0 Å². The Labute approximate surface area is 109 Å². The number of aliphatic carboxylic acids is 1. The highest BCUT2D eigenvalue weighted by Crippen LogP contribution is 2.09. The van der Waals surface area contributed by atoms with Crippen LogP contribution < -0.4 is 5.56 Å². The number of nitrogens with zero attached hydrogens (tertiary/aromatic N) is 4. The van der Waals surface area contributed by atoms with Crippen molar-refractivity contribution >= 4 is 5.97 Å². The summed E-state index contributed by atoms with van der Waals surface area (Å²) in [4.78, 5) is 22.6. The van der Waals surface area contributed by atoms with Gasteiger partial charge in [0.2, 0.25) is 0 Å². The molecule has 0 saturated heterocycles. The molecule has 0 aromatic carbocycles. The fourth-order valence-corrected chi connectivity index (χ4v) is 1.77. The Morgan fingerprint density at radius 2 is 2.00 bits per heavy atom. The molecular weight excluding hydrogens is 248 g/mol. The number of carboxylic acid groups (broad SMARTS) is 1. The topological polar surface area (TPSA) is 90.0 Å². The largest absolute Gasteiger partial charge is 0.480 e. The van der Waals surface area contributed by atoms with Gasteiger partial charge in [-0.05, 0) is 32.9 Å². The average molecular weight is 262 g/mol. The maximum absolute atomic E-state index is 11.6. The van der Waals surface area contributed by atoms with Crippen LogP contribution >= 0.6 is 0 Å². The molecule has 19 heavy (non-hydrogen) atoms. The van der Waals surface area contributed by atoms with Crippen molar-refractivity contribution in [3.63, 3.8) is 0 Å². The predicted octanol–water partition coefficient (Wildman–Crippen LogP) is 0.691. The standard InChI is InChI=1S/C12H14N4O3/c1-7-6-8(2)15(13-7)10-4-5-11(17)16(14-10)9(3)12(18)19/h4-6,9H,1-3H3,(H,18,19). The van der Waals surface area contributed by atoms with Crippen molar-refractivity contribution in [1.29, 1.82) is 0 Å². The van der Waals surface area contributed by atoms with Gasteiger partial charge in [0.15, 0.2) is 11.9 Å². The molecule has 1 unspecified atom stereocenters. The highest BCUT2D eigenvalue weighted by molar-refractivity contribution is 5.71. The minimum Gasteiger partial charge on any atom is -0.480 e. The molecular formula is C12H14N4O3. The highest BCUT2D eigenvalue weighted by Gasteiger charge is 2.17. The van der Waals surface area contributed by atoms with Crippen LogP contribution in [-0.4, -0.2) is 30.6 Å². The number of hydrogen-bond donors (Lipinski definition) is 1. The van der Waals surface area contributed by atoms with E-state index >= 15 is 0 Å². The molecule has 0 aliphatic heterocycles. The molecule has 0 aliphatic rings. The van der Waals surface area contributed by atoms with Gasteiger partial charge in [0.25, 0.3) is 5.56 Å². The van der Waals surface area contributed by atoms with Gasteiger partial charge in [0, 0.05) is 11.8 Å². The molecule has 2 aromatic rings. The Morgan fingerprint density at radius 1 is 1.32 bits per heavy atom. The lowest BCUT2D eigenvalue weighted by atomic mass is 10.3. The van der Waals surface area contributed by atoms with Crippen molar-refractivity contribution in [2.24, 2.45) is 0 Å². The molecule has 0 aliphatic carbocycles. The normalized spacial score (nSPS) is 12.4. The molecule has 2 aromatic heterocycles. The molecule has 100 valence electrons. The summed E-state index contributed by atoms with van der Waals surface area (Å²) in [6, 6.07) is 3.66. The molecule has 7 nitrogen and oxygen atoms in total.